The zero-order valence-corrected chi connectivity index (χ0v) is 21.1. The summed E-state index contributed by atoms with van der Waals surface area (Å²) in [5.74, 6) is -1.79. The summed E-state index contributed by atoms with van der Waals surface area (Å²) in [5.41, 5.74) is 2.46. The first-order valence-corrected chi connectivity index (χ1v) is 12.0. The SMILES string of the molecule is CCCn1nncc1C(=O)N[C@@H](CCCC(Cl)Cl)C(=O)Nc1ccc(-c2c(C)n[nH]c2C)c(F)n1. The lowest BCUT2D eigenvalue weighted by molar-refractivity contribution is -0.118. The second-order valence-corrected chi connectivity index (χ2v) is 9.30. The molecule has 0 unspecified atom stereocenters. The number of halogens is 3. The molecule has 0 bridgehead atoms. The van der Waals surface area contributed by atoms with Crippen LogP contribution in [0.5, 0.6) is 0 Å². The Morgan fingerprint density at radius 3 is 2.63 bits per heavy atom. The molecule has 3 N–H and O–H groups in total. The van der Waals surface area contributed by atoms with Crippen LogP contribution in [-0.2, 0) is 11.3 Å². The number of nitrogens with zero attached hydrogens (tertiary/aromatic N) is 5. The number of amides is 2. The van der Waals surface area contributed by atoms with E-state index in [1.807, 2.05) is 6.92 Å². The number of aromatic amines is 1. The van der Waals surface area contributed by atoms with Gasteiger partial charge in [0, 0.05) is 23.4 Å². The molecular formula is C22H27Cl2FN8O2. The first-order chi connectivity index (χ1) is 16.7. The van der Waals surface area contributed by atoms with Gasteiger partial charge in [0.1, 0.15) is 22.4 Å². The van der Waals surface area contributed by atoms with Crippen LogP contribution < -0.4 is 10.6 Å². The molecule has 0 aliphatic rings. The van der Waals surface area contributed by atoms with Crippen molar-refractivity contribution in [2.45, 2.75) is 63.9 Å². The first-order valence-electron chi connectivity index (χ1n) is 11.2. The van der Waals surface area contributed by atoms with E-state index in [1.54, 1.807) is 13.8 Å². The van der Waals surface area contributed by atoms with Crippen molar-refractivity contribution in [3.63, 3.8) is 0 Å². The maximum atomic E-state index is 14.8. The van der Waals surface area contributed by atoms with Crippen molar-refractivity contribution in [2.75, 3.05) is 5.32 Å². The van der Waals surface area contributed by atoms with Gasteiger partial charge in [-0.25, -0.2) is 9.67 Å². The topological polar surface area (TPSA) is 130 Å². The lowest BCUT2D eigenvalue weighted by atomic mass is 10.1. The number of H-pyrrole nitrogens is 1. The molecule has 2 amide bonds. The van der Waals surface area contributed by atoms with Gasteiger partial charge in [-0.2, -0.15) is 9.49 Å². The van der Waals surface area contributed by atoms with Gasteiger partial charge in [0.2, 0.25) is 11.9 Å². The largest absolute Gasteiger partial charge is 0.339 e. The summed E-state index contributed by atoms with van der Waals surface area (Å²) < 4.78 is 16.3. The van der Waals surface area contributed by atoms with Crippen LogP contribution in [0.4, 0.5) is 10.2 Å². The molecule has 0 radical (unpaired) electrons. The minimum absolute atomic E-state index is 0.0135. The number of alkyl halides is 2. The zero-order chi connectivity index (χ0) is 25.5. The summed E-state index contributed by atoms with van der Waals surface area (Å²) in [6.45, 7) is 5.99. The maximum absolute atomic E-state index is 14.8. The molecule has 0 aromatic carbocycles. The van der Waals surface area contributed by atoms with Gasteiger partial charge in [0.05, 0.1) is 11.9 Å². The molecule has 0 aliphatic carbocycles. The number of rotatable bonds is 11. The van der Waals surface area contributed by atoms with E-state index in [9.17, 15) is 14.0 Å². The van der Waals surface area contributed by atoms with E-state index in [2.05, 4.69) is 36.1 Å². The van der Waals surface area contributed by atoms with Crippen LogP contribution in [-0.4, -0.2) is 52.9 Å². The van der Waals surface area contributed by atoms with E-state index in [4.69, 9.17) is 23.2 Å². The first kappa shape index (κ1) is 26.6. The lowest BCUT2D eigenvalue weighted by Crippen LogP contribution is -2.44. The second-order valence-electron chi connectivity index (χ2n) is 8.02. The summed E-state index contributed by atoms with van der Waals surface area (Å²) in [4.78, 5) is 29.2. The molecule has 3 aromatic rings. The maximum Gasteiger partial charge on any atom is 0.271 e. The summed E-state index contributed by atoms with van der Waals surface area (Å²) >= 11 is 11.6. The van der Waals surface area contributed by atoms with Crippen LogP contribution in [0.15, 0.2) is 18.3 Å². The lowest BCUT2D eigenvalue weighted by Gasteiger charge is -2.19. The monoisotopic (exact) mass is 524 g/mol. The molecule has 35 heavy (non-hydrogen) atoms. The average molecular weight is 525 g/mol. The van der Waals surface area contributed by atoms with Crippen LogP contribution in [0.1, 0.15) is 54.5 Å². The van der Waals surface area contributed by atoms with Crippen LogP contribution in [0, 0.1) is 19.8 Å². The molecule has 3 rings (SSSR count). The summed E-state index contributed by atoms with van der Waals surface area (Å²) in [6.07, 6.45) is 3.26. The van der Waals surface area contributed by atoms with E-state index < -0.39 is 28.6 Å². The molecule has 0 saturated carbocycles. The minimum Gasteiger partial charge on any atom is -0.339 e. The van der Waals surface area contributed by atoms with Gasteiger partial charge in [0.15, 0.2) is 0 Å². The number of nitrogens with one attached hydrogen (secondary N) is 3. The van der Waals surface area contributed by atoms with Crippen molar-refractivity contribution in [3.8, 4) is 11.1 Å². The van der Waals surface area contributed by atoms with E-state index in [1.165, 1.54) is 23.0 Å². The van der Waals surface area contributed by atoms with Gasteiger partial charge >= 0.3 is 0 Å². The molecule has 0 saturated heterocycles. The Bertz CT molecular complexity index is 1160. The van der Waals surface area contributed by atoms with E-state index in [-0.39, 0.29) is 23.5 Å². The van der Waals surface area contributed by atoms with Gasteiger partial charge in [0.25, 0.3) is 5.91 Å². The molecule has 3 aromatic heterocycles. The van der Waals surface area contributed by atoms with Crippen molar-refractivity contribution >= 4 is 40.8 Å². The van der Waals surface area contributed by atoms with Crippen molar-refractivity contribution in [1.29, 1.82) is 0 Å². The highest BCUT2D eigenvalue weighted by Gasteiger charge is 2.24. The highest BCUT2D eigenvalue weighted by Crippen LogP contribution is 2.28. The van der Waals surface area contributed by atoms with Crippen LogP contribution in [0.3, 0.4) is 0 Å². The predicted octanol–water partition coefficient (Wildman–Crippen LogP) is 3.94. The van der Waals surface area contributed by atoms with E-state index >= 15 is 0 Å². The minimum atomic E-state index is -0.942. The van der Waals surface area contributed by atoms with Gasteiger partial charge in [-0.1, -0.05) is 12.1 Å². The summed E-state index contributed by atoms with van der Waals surface area (Å²) in [6, 6.07) is 2.08. The highest BCUT2D eigenvalue weighted by molar-refractivity contribution is 6.44. The molecule has 188 valence electrons. The highest BCUT2D eigenvalue weighted by atomic mass is 35.5. The fourth-order valence-electron chi connectivity index (χ4n) is 3.64. The number of anilines is 1. The molecule has 0 spiro atoms. The van der Waals surface area contributed by atoms with E-state index in [0.717, 1.165) is 6.42 Å². The molecule has 3 heterocycles. The third kappa shape index (κ3) is 6.76. The number of pyridine rings is 1. The fraction of sp³-hybridized carbons (Fsp3) is 0.455. The van der Waals surface area contributed by atoms with Crippen LogP contribution in [0.25, 0.3) is 11.1 Å². The molecule has 10 nitrogen and oxygen atoms in total. The Balaban J connectivity index is 1.76. The molecule has 0 aliphatic heterocycles. The standard InChI is InChI=1S/C22H27Cl2FN8O2/c1-4-10-33-16(11-26-32-33)22(35)27-15(6-5-7-17(23)24)21(34)29-18-9-8-14(20(25)28-18)19-12(2)30-31-13(19)3/h8-9,11,15,17H,4-7,10H2,1-3H3,(H,27,35)(H,30,31)(H,28,29,34)/t15-/m0/s1. The van der Waals surface area contributed by atoms with Crippen molar-refractivity contribution in [3.05, 3.63) is 41.4 Å². The quantitative estimate of drug-likeness (QED) is 0.257. The smallest absolute Gasteiger partial charge is 0.271 e. The van der Waals surface area contributed by atoms with Crippen molar-refractivity contribution in [1.82, 2.24) is 35.5 Å². The fourth-order valence-corrected chi connectivity index (χ4v) is 3.95. The normalized spacial score (nSPS) is 12.1. The number of hydrogen-bond donors (Lipinski definition) is 3. The summed E-state index contributed by atoms with van der Waals surface area (Å²) in [7, 11) is 0. The second kappa shape index (κ2) is 12.1. The Morgan fingerprint density at radius 1 is 1.23 bits per heavy atom. The molecular weight excluding hydrogens is 498 g/mol. The van der Waals surface area contributed by atoms with Crippen molar-refractivity contribution < 1.29 is 14.0 Å². The third-order valence-electron chi connectivity index (χ3n) is 5.32. The van der Waals surface area contributed by atoms with Gasteiger partial charge in [-0.3, -0.25) is 14.7 Å². The predicted molar refractivity (Wildman–Crippen MR) is 131 cm³/mol. The Labute approximate surface area is 212 Å². The third-order valence-corrected chi connectivity index (χ3v) is 5.76. The van der Waals surface area contributed by atoms with E-state index in [0.29, 0.717) is 36.3 Å². The van der Waals surface area contributed by atoms with Crippen LogP contribution in [0.2, 0.25) is 0 Å². The number of carbonyl (C=O) groups is 2. The Kier molecular flexibility index (Phi) is 9.16. The van der Waals surface area contributed by atoms with Crippen molar-refractivity contribution in [2.24, 2.45) is 0 Å². The Hall–Kier alpha value is -3.05. The zero-order valence-electron chi connectivity index (χ0n) is 19.6. The molecule has 1 atom stereocenters. The van der Waals surface area contributed by atoms with Crippen LogP contribution >= 0.6 is 23.2 Å². The molecule has 0 fully saturated rings. The van der Waals surface area contributed by atoms with Gasteiger partial charge in [-0.05, 0) is 51.7 Å². The number of carbonyl (C=O) groups excluding carboxylic acids is 2. The number of aromatic nitrogens is 6. The molecule has 13 heteroatoms. The summed E-state index contributed by atoms with van der Waals surface area (Å²) in [5, 5.41) is 19.8. The number of aryl methyl sites for hydroxylation is 3. The number of hydrogen-bond acceptors (Lipinski definition) is 6. The van der Waals surface area contributed by atoms with Gasteiger partial charge < -0.3 is 10.6 Å². The Morgan fingerprint density at radius 2 is 2.00 bits per heavy atom. The van der Waals surface area contributed by atoms with Gasteiger partial charge in [-0.15, -0.1) is 28.3 Å². The average Bonchev–Trinajstić information content (AvgIpc) is 3.39.